The summed E-state index contributed by atoms with van der Waals surface area (Å²) in [5, 5.41) is 2.99. The summed E-state index contributed by atoms with van der Waals surface area (Å²) >= 11 is 0. The van der Waals surface area contributed by atoms with Gasteiger partial charge in [0.25, 0.3) is 0 Å². The molecule has 0 heterocycles. The van der Waals surface area contributed by atoms with Crippen molar-refractivity contribution in [1.82, 2.24) is 5.32 Å². The van der Waals surface area contributed by atoms with Crippen molar-refractivity contribution in [3.05, 3.63) is 0 Å². The van der Waals surface area contributed by atoms with E-state index in [1.165, 1.54) is 0 Å². The van der Waals surface area contributed by atoms with Crippen LogP contribution in [0.3, 0.4) is 0 Å². The molecule has 4 heteroatoms. The number of hydrogen-bond donors (Lipinski definition) is 1. The lowest BCUT2D eigenvalue weighted by Gasteiger charge is -2.25. The van der Waals surface area contributed by atoms with Gasteiger partial charge in [-0.3, -0.25) is 4.79 Å². The Morgan fingerprint density at radius 2 is 1.93 bits per heavy atom. The number of amides is 1. The second-order valence-corrected chi connectivity index (χ2v) is 4.03. The fraction of sp³-hybridized carbons (Fsp3) is 0.900. The summed E-state index contributed by atoms with van der Waals surface area (Å²) in [6.07, 6.45) is 1.89. The van der Waals surface area contributed by atoms with E-state index < -0.39 is 0 Å². The van der Waals surface area contributed by atoms with Crippen LogP contribution in [0.2, 0.25) is 0 Å². The van der Waals surface area contributed by atoms with Gasteiger partial charge in [0, 0.05) is 15.4 Å². The molecule has 3 nitrogen and oxygen atoms in total. The van der Waals surface area contributed by atoms with Crippen LogP contribution in [0.4, 0.5) is 0 Å². The average Bonchev–Trinajstić information content (AvgIpc) is 2.17. The first-order valence-corrected chi connectivity index (χ1v) is 5.69. The van der Waals surface area contributed by atoms with Crippen molar-refractivity contribution in [2.24, 2.45) is 5.92 Å². The van der Waals surface area contributed by atoms with Crippen LogP contribution in [0, 0.1) is 5.92 Å². The van der Waals surface area contributed by atoms with Crippen molar-refractivity contribution < 1.29 is 9.32 Å². The van der Waals surface area contributed by atoms with Crippen molar-refractivity contribution in [1.29, 1.82) is 0 Å². The lowest BCUT2D eigenvalue weighted by atomic mass is 10.1. The molecular formula is C10H22NO2P. The monoisotopic (exact) mass is 219 g/mol. The molecule has 0 rings (SSSR count). The van der Waals surface area contributed by atoms with Crippen LogP contribution in [-0.2, 0) is 9.32 Å². The molecular weight excluding hydrogens is 197 g/mol. The molecule has 0 aliphatic carbocycles. The third kappa shape index (κ3) is 4.39. The normalized spacial score (nSPS) is 15.3. The van der Waals surface area contributed by atoms with Gasteiger partial charge in [-0.05, 0) is 12.8 Å². The lowest BCUT2D eigenvalue weighted by molar-refractivity contribution is -0.125. The van der Waals surface area contributed by atoms with E-state index in [0.29, 0.717) is 0 Å². The molecule has 14 heavy (non-hydrogen) atoms. The van der Waals surface area contributed by atoms with Crippen LogP contribution in [0.25, 0.3) is 0 Å². The standard InChI is InChI=1S/C10H22NO2P/c1-5-8(9(6-2)13-14)11-10(12)7(3)4/h7-9H,5-6,14H2,1-4H3,(H,11,12)/t8-,9?/m0/s1. The summed E-state index contributed by atoms with van der Waals surface area (Å²) in [5.74, 6) is 0.128. The highest BCUT2D eigenvalue weighted by Gasteiger charge is 2.20. The van der Waals surface area contributed by atoms with E-state index in [1.807, 2.05) is 13.8 Å². The van der Waals surface area contributed by atoms with E-state index in [0.717, 1.165) is 12.8 Å². The van der Waals surface area contributed by atoms with Gasteiger partial charge in [-0.15, -0.1) is 0 Å². The molecule has 3 atom stereocenters. The Bertz CT molecular complexity index is 170. The molecule has 0 aliphatic heterocycles. The lowest BCUT2D eigenvalue weighted by Crippen LogP contribution is -2.44. The van der Waals surface area contributed by atoms with E-state index >= 15 is 0 Å². The number of nitrogens with one attached hydrogen (secondary N) is 1. The highest BCUT2D eigenvalue weighted by Crippen LogP contribution is 2.11. The van der Waals surface area contributed by atoms with Crippen molar-refractivity contribution in [2.75, 3.05) is 0 Å². The maximum absolute atomic E-state index is 11.5. The molecule has 0 aromatic heterocycles. The van der Waals surface area contributed by atoms with Crippen LogP contribution < -0.4 is 5.32 Å². The van der Waals surface area contributed by atoms with Gasteiger partial charge in [-0.25, -0.2) is 0 Å². The van der Waals surface area contributed by atoms with E-state index in [9.17, 15) is 4.79 Å². The average molecular weight is 219 g/mol. The second kappa shape index (κ2) is 7.19. The molecule has 2 unspecified atom stereocenters. The molecule has 0 saturated heterocycles. The van der Waals surface area contributed by atoms with Crippen LogP contribution in [0.1, 0.15) is 40.5 Å². The van der Waals surface area contributed by atoms with Crippen LogP contribution in [0.15, 0.2) is 0 Å². The molecule has 84 valence electrons. The van der Waals surface area contributed by atoms with Gasteiger partial charge in [0.05, 0.1) is 12.1 Å². The smallest absolute Gasteiger partial charge is 0.222 e. The first-order chi connectivity index (χ1) is 6.56. The predicted octanol–water partition coefficient (Wildman–Crippen LogP) is 2.12. The molecule has 0 spiro atoms. The van der Waals surface area contributed by atoms with E-state index in [2.05, 4.69) is 28.6 Å². The highest BCUT2D eigenvalue weighted by atomic mass is 31.0. The highest BCUT2D eigenvalue weighted by molar-refractivity contribution is 7.09. The Balaban J connectivity index is 4.20. The molecule has 1 N–H and O–H groups in total. The maximum Gasteiger partial charge on any atom is 0.222 e. The zero-order valence-electron chi connectivity index (χ0n) is 9.54. The Labute approximate surface area is 89.3 Å². The fourth-order valence-electron chi connectivity index (χ4n) is 1.28. The third-order valence-electron chi connectivity index (χ3n) is 2.32. The van der Waals surface area contributed by atoms with Gasteiger partial charge in [-0.2, -0.15) is 0 Å². The van der Waals surface area contributed by atoms with E-state index in [4.69, 9.17) is 4.52 Å². The molecule has 1 amide bonds. The topological polar surface area (TPSA) is 38.3 Å². The van der Waals surface area contributed by atoms with Gasteiger partial charge in [0.1, 0.15) is 0 Å². The Morgan fingerprint density at radius 1 is 1.36 bits per heavy atom. The van der Waals surface area contributed by atoms with Crippen molar-refractivity contribution in [3.8, 4) is 0 Å². The van der Waals surface area contributed by atoms with E-state index in [-0.39, 0.29) is 24.0 Å². The molecule has 0 aromatic rings. The Morgan fingerprint density at radius 3 is 2.21 bits per heavy atom. The summed E-state index contributed by atoms with van der Waals surface area (Å²) in [4.78, 5) is 11.5. The van der Waals surface area contributed by atoms with Gasteiger partial charge in [0.2, 0.25) is 5.91 Å². The number of rotatable bonds is 6. The number of carbonyl (C=O) groups excluding carboxylic acids is 1. The molecule has 0 bridgehead atoms. The first-order valence-electron chi connectivity index (χ1n) is 5.22. The molecule has 0 aliphatic rings. The van der Waals surface area contributed by atoms with E-state index in [1.54, 1.807) is 0 Å². The molecule has 0 saturated carbocycles. The number of carbonyl (C=O) groups is 1. The predicted molar refractivity (Wildman–Crippen MR) is 61.9 cm³/mol. The largest absolute Gasteiger partial charge is 0.360 e. The number of hydrogen-bond acceptors (Lipinski definition) is 2. The van der Waals surface area contributed by atoms with Crippen LogP contribution in [0.5, 0.6) is 0 Å². The zero-order chi connectivity index (χ0) is 11.1. The molecule has 0 radical (unpaired) electrons. The summed E-state index contributed by atoms with van der Waals surface area (Å²) in [7, 11) is 2.27. The van der Waals surface area contributed by atoms with Crippen LogP contribution >= 0.6 is 9.47 Å². The van der Waals surface area contributed by atoms with Crippen LogP contribution in [-0.4, -0.2) is 18.1 Å². The Kier molecular flexibility index (Phi) is 7.12. The van der Waals surface area contributed by atoms with Crippen molar-refractivity contribution >= 4 is 15.4 Å². The van der Waals surface area contributed by atoms with Crippen molar-refractivity contribution in [2.45, 2.75) is 52.7 Å². The SMILES string of the molecule is CCC(OP)[C@H](CC)NC(=O)C(C)C. The second-order valence-electron chi connectivity index (χ2n) is 3.76. The summed E-state index contributed by atoms with van der Waals surface area (Å²) in [6, 6.07) is 0.118. The summed E-state index contributed by atoms with van der Waals surface area (Å²) < 4.78 is 5.24. The van der Waals surface area contributed by atoms with Gasteiger partial charge in [-0.1, -0.05) is 27.7 Å². The minimum absolute atomic E-state index is 0.0334. The van der Waals surface area contributed by atoms with Gasteiger partial charge in [0.15, 0.2) is 0 Å². The Hall–Kier alpha value is -0.140. The molecule has 0 fully saturated rings. The third-order valence-corrected chi connectivity index (χ3v) is 2.67. The summed E-state index contributed by atoms with van der Waals surface area (Å²) in [6.45, 7) is 7.89. The summed E-state index contributed by atoms with van der Waals surface area (Å²) in [5.41, 5.74) is 0. The minimum atomic E-state index is 0.0334. The minimum Gasteiger partial charge on any atom is -0.360 e. The maximum atomic E-state index is 11.5. The quantitative estimate of drug-likeness (QED) is 0.695. The zero-order valence-corrected chi connectivity index (χ0v) is 10.7. The molecule has 0 aromatic carbocycles. The van der Waals surface area contributed by atoms with Gasteiger partial charge < -0.3 is 9.84 Å². The van der Waals surface area contributed by atoms with Crippen molar-refractivity contribution in [3.63, 3.8) is 0 Å². The first kappa shape index (κ1) is 13.9. The van der Waals surface area contributed by atoms with Gasteiger partial charge >= 0.3 is 0 Å². The fourth-order valence-corrected chi connectivity index (χ4v) is 1.67.